The average Bonchev–Trinajstić information content (AvgIpc) is 2.64. The van der Waals surface area contributed by atoms with Gasteiger partial charge in [0.05, 0.1) is 19.3 Å². The summed E-state index contributed by atoms with van der Waals surface area (Å²) in [5.41, 5.74) is 0. The second-order valence-corrected chi connectivity index (χ2v) is 6.95. The first-order chi connectivity index (χ1) is 12.0. The lowest BCUT2D eigenvalue weighted by molar-refractivity contribution is -0.151. The zero-order valence-corrected chi connectivity index (χ0v) is 15.9. The third-order valence-corrected chi connectivity index (χ3v) is 4.57. The monoisotopic (exact) mass is 349 g/mol. The minimum atomic E-state index is 0.0123. The average molecular weight is 349 g/mol. The van der Waals surface area contributed by atoms with Crippen LogP contribution in [0, 0.1) is 5.92 Å². The van der Waals surface area contributed by atoms with Crippen molar-refractivity contribution in [3.63, 3.8) is 0 Å². The largest absolute Gasteiger partial charge is 0.497 e. The van der Waals surface area contributed by atoms with Crippen molar-refractivity contribution in [2.75, 3.05) is 26.8 Å². The van der Waals surface area contributed by atoms with Gasteiger partial charge in [0.25, 0.3) is 5.91 Å². The minimum absolute atomic E-state index is 0.0123. The van der Waals surface area contributed by atoms with Gasteiger partial charge in [-0.3, -0.25) is 4.79 Å². The summed E-state index contributed by atoms with van der Waals surface area (Å²) in [6.45, 7) is 7.79. The third kappa shape index (κ3) is 5.92. The Labute approximate surface area is 151 Å². The molecule has 0 saturated carbocycles. The molecule has 0 unspecified atom stereocenters. The Kier molecular flexibility index (Phi) is 7.56. The standard InChI is InChI=1S/C20H31NO4/c1-5-6-8-18-12-21(13-19(25-18)15(2)3)20(22)14-24-17-10-7-9-16(11-17)23-4/h7,9-11,15,18-19H,5-6,8,12-14H2,1-4H3/t18-,19-/m1/s1. The maximum Gasteiger partial charge on any atom is 0.260 e. The van der Waals surface area contributed by atoms with Gasteiger partial charge in [-0.2, -0.15) is 0 Å². The number of benzene rings is 1. The lowest BCUT2D eigenvalue weighted by Gasteiger charge is -2.40. The molecule has 1 saturated heterocycles. The highest BCUT2D eigenvalue weighted by molar-refractivity contribution is 5.78. The number of carbonyl (C=O) groups excluding carboxylic acids is 1. The van der Waals surface area contributed by atoms with Gasteiger partial charge in [0, 0.05) is 19.2 Å². The van der Waals surface area contributed by atoms with Crippen LogP contribution in [-0.4, -0.2) is 49.8 Å². The van der Waals surface area contributed by atoms with E-state index in [0.29, 0.717) is 24.8 Å². The van der Waals surface area contributed by atoms with Crippen LogP contribution in [0.4, 0.5) is 0 Å². The Morgan fingerprint density at radius 3 is 2.76 bits per heavy atom. The van der Waals surface area contributed by atoms with Crippen LogP contribution >= 0.6 is 0 Å². The molecule has 2 rings (SSSR count). The maximum atomic E-state index is 12.6. The Morgan fingerprint density at radius 1 is 1.32 bits per heavy atom. The van der Waals surface area contributed by atoms with Crippen molar-refractivity contribution in [1.29, 1.82) is 0 Å². The number of hydrogen-bond acceptors (Lipinski definition) is 4. The molecule has 0 N–H and O–H groups in total. The molecular weight excluding hydrogens is 318 g/mol. The molecule has 1 aliphatic heterocycles. The van der Waals surface area contributed by atoms with Gasteiger partial charge in [0.1, 0.15) is 11.5 Å². The van der Waals surface area contributed by atoms with E-state index in [1.54, 1.807) is 13.2 Å². The van der Waals surface area contributed by atoms with E-state index in [1.165, 1.54) is 0 Å². The first kappa shape index (κ1) is 19.6. The van der Waals surface area contributed by atoms with E-state index >= 15 is 0 Å². The molecule has 5 heteroatoms. The molecule has 1 aliphatic rings. The number of rotatable bonds is 8. The fourth-order valence-corrected chi connectivity index (χ4v) is 2.96. The summed E-state index contributed by atoms with van der Waals surface area (Å²) in [5.74, 6) is 1.76. The number of morpholine rings is 1. The lowest BCUT2D eigenvalue weighted by Crippen LogP contribution is -2.52. The molecule has 25 heavy (non-hydrogen) atoms. The molecule has 0 spiro atoms. The van der Waals surface area contributed by atoms with Crippen molar-refractivity contribution in [2.24, 2.45) is 5.92 Å². The van der Waals surface area contributed by atoms with E-state index in [1.807, 2.05) is 23.1 Å². The quantitative estimate of drug-likeness (QED) is 0.720. The van der Waals surface area contributed by atoms with Crippen molar-refractivity contribution < 1.29 is 19.0 Å². The van der Waals surface area contributed by atoms with E-state index in [2.05, 4.69) is 20.8 Å². The summed E-state index contributed by atoms with van der Waals surface area (Å²) < 4.78 is 17.0. The van der Waals surface area contributed by atoms with Gasteiger partial charge in [-0.05, 0) is 24.5 Å². The van der Waals surface area contributed by atoms with Crippen LogP contribution in [0.1, 0.15) is 40.0 Å². The van der Waals surface area contributed by atoms with Crippen molar-refractivity contribution in [3.05, 3.63) is 24.3 Å². The van der Waals surface area contributed by atoms with Crippen LogP contribution < -0.4 is 9.47 Å². The summed E-state index contributed by atoms with van der Waals surface area (Å²) in [7, 11) is 1.61. The maximum absolute atomic E-state index is 12.6. The van der Waals surface area contributed by atoms with Gasteiger partial charge in [-0.15, -0.1) is 0 Å². The first-order valence-corrected chi connectivity index (χ1v) is 9.23. The third-order valence-electron chi connectivity index (χ3n) is 4.57. The fraction of sp³-hybridized carbons (Fsp3) is 0.650. The number of carbonyl (C=O) groups is 1. The van der Waals surface area contributed by atoms with Gasteiger partial charge >= 0.3 is 0 Å². The molecule has 0 bridgehead atoms. The molecule has 0 radical (unpaired) electrons. The fourth-order valence-electron chi connectivity index (χ4n) is 2.96. The normalized spacial score (nSPS) is 20.6. The molecule has 5 nitrogen and oxygen atoms in total. The molecule has 1 heterocycles. The molecule has 1 amide bonds. The van der Waals surface area contributed by atoms with E-state index in [-0.39, 0.29) is 24.7 Å². The van der Waals surface area contributed by atoms with Gasteiger partial charge in [0.2, 0.25) is 0 Å². The number of ether oxygens (including phenoxy) is 3. The van der Waals surface area contributed by atoms with Crippen LogP contribution in [0.15, 0.2) is 24.3 Å². The summed E-state index contributed by atoms with van der Waals surface area (Å²) >= 11 is 0. The summed E-state index contributed by atoms with van der Waals surface area (Å²) in [4.78, 5) is 14.5. The summed E-state index contributed by atoms with van der Waals surface area (Å²) in [5, 5.41) is 0. The van der Waals surface area contributed by atoms with Crippen LogP contribution in [-0.2, 0) is 9.53 Å². The van der Waals surface area contributed by atoms with Crippen LogP contribution in [0.5, 0.6) is 11.5 Å². The Bertz CT molecular complexity index is 546. The second kappa shape index (κ2) is 9.66. The van der Waals surface area contributed by atoms with Crippen molar-refractivity contribution >= 4 is 5.91 Å². The van der Waals surface area contributed by atoms with Gasteiger partial charge in [-0.25, -0.2) is 0 Å². The number of hydrogen-bond donors (Lipinski definition) is 0. The predicted molar refractivity (Wildman–Crippen MR) is 98.1 cm³/mol. The van der Waals surface area contributed by atoms with Gasteiger partial charge < -0.3 is 19.1 Å². The highest BCUT2D eigenvalue weighted by atomic mass is 16.5. The Balaban J connectivity index is 1.93. The number of amides is 1. The van der Waals surface area contributed by atoms with Crippen molar-refractivity contribution in [3.8, 4) is 11.5 Å². The number of methoxy groups -OCH3 is 1. The van der Waals surface area contributed by atoms with Crippen LogP contribution in [0.2, 0.25) is 0 Å². The molecule has 140 valence electrons. The number of unbranched alkanes of at least 4 members (excludes halogenated alkanes) is 1. The molecule has 1 aromatic carbocycles. The van der Waals surface area contributed by atoms with Gasteiger partial charge in [-0.1, -0.05) is 39.7 Å². The van der Waals surface area contributed by atoms with E-state index in [0.717, 1.165) is 25.0 Å². The predicted octanol–water partition coefficient (Wildman–Crippen LogP) is 3.52. The second-order valence-electron chi connectivity index (χ2n) is 6.95. The SMILES string of the molecule is CCCC[C@@H]1CN(C(=O)COc2cccc(OC)c2)C[C@H](C(C)C)O1. The number of nitrogens with zero attached hydrogens (tertiary/aromatic N) is 1. The van der Waals surface area contributed by atoms with Crippen molar-refractivity contribution in [2.45, 2.75) is 52.2 Å². The highest BCUT2D eigenvalue weighted by Crippen LogP contribution is 2.22. The zero-order valence-electron chi connectivity index (χ0n) is 15.9. The molecule has 2 atom stereocenters. The first-order valence-electron chi connectivity index (χ1n) is 9.23. The molecule has 0 aromatic heterocycles. The summed E-state index contributed by atoms with van der Waals surface area (Å²) in [6.07, 6.45) is 3.48. The molecule has 1 fully saturated rings. The topological polar surface area (TPSA) is 48.0 Å². The van der Waals surface area contributed by atoms with Crippen LogP contribution in [0.3, 0.4) is 0 Å². The highest BCUT2D eigenvalue weighted by Gasteiger charge is 2.31. The Hall–Kier alpha value is -1.75. The van der Waals surface area contributed by atoms with E-state index < -0.39 is 0 Å². The van der Waals surface area contributed by atoms with Crippen molar-refractivity contribution in [1.82, 2.24) is 4.90 Å². The molecule has 0 aliphatic carbocycles. The Morgan fingerprint density at radius 2 is 2.08 bits per heavy atom. The van der Waals surface area contributed by atoms with E-state index in [4.69, 9.17) is 14.2 Å². The molecular formula is C20H31NO4. The van der Waals surface area contributed by atoms with E-state index in [9.17, 15) is 4.79 Å². The zero-order chi connectivity index (χ0) is 18.2. The lowest BCUT2D eigenvalue weighted by atomic mass is 10.0. The van der Waals surface area contributed by atoms with Gasteiger partial charge in [0.15, 0.2) is 6.61 Å². The molecule has 1 aromatic rings. The summed E-state index contributed by atoms with van der Waals surface area (Å²) in [6, 6.07) is 7.31. The van der Waals surface area contributed by atoms with Crippen LogP contribution in [0.25, 0.3) is 0 Å². The minimum Gasteiger partial charge on any atom is -0.497 e. The smallest absolute Gasteiger partial charge is 0.260 e.